The monoisotopic (exact) mass is 152 g/mol. The van der Waals surface area contributed by atoms with E-state index in [0.717, 1.165) is 0 Å². The minimum absolute atomic E-state index is 0.532. The van der Waals surface area contributed by atoms with Crippen LogP contribution in [-0.4, -0.2) is 22.7 Å². The van der Waals surface area contributed by atoms with Crippen molar-refractivity contribution in [2.24, 2.45) is 0 Å². The first kappa shape index (κ1) is 8.72. The average molecular weight is 153 g/mol. The molecule has 0 aromatic heterocycles. The molecule has 0 amide bonds. The highest BCUT2D eigenvalue weighted by Crippen LogP contribution is 2.02. The zero-order valence-corrected chi connectivity index (χ0v) is 6.05. The predicted octanol–water partition coefficient (Wildman–Crippen LogP) is 0.495. The molecule has 0 aliphatic heterocycles. The summed E-state index contributed by atoms with van der Waals surface area (Å²) in [7, 11) is 0. The minimum atomic E-state index is -1.19. The number of alkyl halides is 1. The highest BCUT2D eigenvalue weighted by atomic mass is 35.5. The zero-order chi connectivity index (χ0) is 7.44. The molecule has 0 saturated carbocycles. The van der Waals surface area contributed by atoms with Crippen LogP contribution in [0.3, 0.4) is 0 Å². The minimum Gasteiger partial charge on any atom is -0.435 e. The number of carbonyl (C=O) groups excluding carboxylic acids is 1. The molecule has 3 nitrogen and oxygen atoms in total. The molecule has 0 radical (unpaired) electrons. The van der Waals surface area contributed by atoms with Gasteiger partial charge in [-0.2, -0.15) is 0 Å². The first-order valence-electron chi connectivity index (χ1n) is 2.53. The van der Waals surface area contributed by atoms with Gasteiger partial charge >= 0.3 is 5.97 Å². The zero-order valence-electron chi connectivity index (χ0n) is 5.30. The smallest absolute Gasteiger partial charge is 0.304 e. The number of halogens is 1. The van der Waals surface area contributed by atoms with E-state index in [1.54, 1.807) is 0 Å². The van der Waals surface area contributed by atoms with E-state index in [-0.39, 0.29) is 0 Å². The maximum Gasteiger partial charge on any atom is 0.304 e. The van der Waals surface area contributed by atoms with Crippen molar-refractivity contribution < 1.29 is 14.6 Å². The molecule has 0 saturated heterocycles. The van der Waals surface area contributed by atoms with Crippen molar-refractivity contribution in [3.8, 4) is 0 Å². The van der Waals surface area contributed by atoms with Gasteiger partial charge in [-0.3, -0.25) is 4.79 Å². The molecule has 2 atom stereocenters. The van der Waals surface area contributed by atoms with Crippen molar-refractivity contribution in [3.63, 3.8) is 0 Å². The van der Waals surface area contributed by atoms with Gasteiger partial charge in [0.15, 0.2) is 0 Å². The molecule has 2 unspecified atom stereocenters. The van der Waals surface area contributed by atoms with Crippen molar-refractivity contribution in [2.45, 2.75) is 25.5 Å². The van der Waals surface area contributed by atoms with E-state index in [1.165, 1.54) is 13.8 Å². The average Bonchev–Trinajstić information content (AvgIpc) is 1.63. The molecule has 0 aromatic carbocycles. The molecule has 0 spiro atoms. The summed E-state index contributed by atoms with van der Waals surface area (Å²) in [5, 5.41) is 8.16. The number of esters is 1. The van der Waals surface area contributed by atoms with Gasteiger partial charge in [0.25, 0.3) is 0 Å². The summed E-state index contributed by atoms with van der Waals surface area (Å²) >= 11 is 5.35. The molecule has 4 heteroatoms. The summed E-state index contributed by atoms with van der Waals surface area (Å²) in [6, 6.07) is 0. The number of aliphatic hydroxyl groups is 1. The van der Waals surface area contributed by atoms with Crippen molar-refractivity contribution in [2.75, 3.05) is 0 Å². The highest BCUT2D eigenvalue weighted by Gasteiger charge is 2.12. The van der Waals surface area contributed by atoms with Gasteiger partial charge in [0.05, 0.1) is 5.38 Å². The van der Waals surface area contributed by atoms with Crippen molar-refractivity contribution in [1.82, 2.24) is 0 Å². The van der Waals surface area contributed by atoms with Crippen LogP contribution >= 0.6 is 11.6 Å². The van der Waals surface area contributed by atoms with E-state index >= 15 is 0 Å². The van der Waals surface area contributed by atoms with Gasteiger partial charge in [-0.05, 0) is 6.92 Å². The van der Waals surface area contributed by atoms with E-state index in [2.05, 4.69) is 4.74 Å². The van der Waals surface area contributed by atoms with Crippen LogP contribution < -0.4 is 0 Å². The number of ether oxygens (including phenoxy) is 1. The SMILES string of the molecule is CC(=O)OC(O)C(C)Cl. The van der Waals surface area contributed by atoms with Crippen molar-refractivity contribution in [1.29, 1.82) is 0 Å². The second kappa shape index (κ2) is 3.69. The quantitative estimate of drug-likeness (QED) is 0.356. The molecule has 9 heavy (non-hydrogen) atoms. The second-order valence-electron chi connectivity index (χ2n) is 1.68. The van der Waals surface area contributed by atoms with Crippen LogP contribution in [-0.2, 0) is 9.53 Å². The van der Waals surface area contributed by atoms with Gasteiger partial charge in [0, 0.05) is 6.92 Å². The summed E-state index contributed by atoms with van der Waals surface area (Å²) in [5.74, 6) is -0.532. The standard InChI is InChI=1S/C5H9ClO3/c1-3(6)5(8)9-4(2)7/h3,5,8H,1-2H3. The lowest BCUT2D eigenvalue weighted by Crippen LogP contribution is -2.23. The van der Waals surface area contributed by atoms with E-state index in [4.69, 9.17) is 16.7 Å². The Hall–Kier alpha value is -0.280. The topological polar surface area (TPSA) is 46.5 Å². The molecule has 0 bridgehead atoms. The highest BCUT2D eigenvalue weighted by molar-refractivity contribution is 6.20. The van der Waals surface area contributed by atoms with E-state index in [1.807, 2.05) is 0 Å². The van der Waals surface area contributed by atoms with Crippen LogP contribution in [0, 0.1) is 0 Å². The third kappa shape index (κ3) is 4.24. The van der Waals surface area contributed by atoms with Crippen LogP contribution in [0.15, 0.2) is 0 Å². The molecule has 0 fully saturated rings. The molecular formula is C5H9ClO3. The fourth-order valence-electron chi connectivity index (χ4n) is 0.264. The first-order valence-corrected chi connectivity index (χ1v) is 2.97. The Morgan fingerprint density at radius 3 is 2.33 bits per heavy atom. The van der Waals surface area contributed by atoms with Crippen LogP contribution in [0.5, 0.6) is 0 Å². The van der Waals surface area contributed by atoms with E-state index < -0.39 is 17.6 Å². The summed E-state index contributed by atoms with van der Waals surface area (Å²) in [4.78, 5) is 10.1. The van der Waals surface area contributed by atoms with Crippen LogP contribution in [0.4, 0.5) is 0 Å². The summed E-state index contributed by atoms with van der Waals surface area (Å²) in [6.07, 6.45) is -1.19. The Bertz CT molecular complexity index is 102. The van der Waals surface area contributed by atoms with Gasteiger partial charge < -0.3 is 9.84 Å². The Morgan fingerprint density at radius 1 is 1.78 bits per heavy atom. The lowest BCUT2D eigenvalue weighted by atomic mass is 10.5. The Labute approximate surface area is 58.6 Å². The van der Waals surface area contributed by atoms with Gasteiger partial charge in [0.2, 0.25) is 6.29 Å². The second-order valence-corrected chi connectivity index (χ2v) is 2.37. The van der Waals surface area contributed by atoms with Gasteiger partial charge in [0.1, 0.15) is 0 Å². The number of rotatable bonds is 2. The molecule has 54 valence electrons. The van der Waals surface area contributed by atoms with Gasteiger partial charge in [-0.25, -0.2) is 0 Å². The molecule has 1 N–H and O–H groups in total. The molecule has 0 aliphatic rings. The van der Waals surface area contributed by atoms with E-state index in [9.17, 15) is 4.79 Å². The first-order chi connectivity index (χ1) is 4.04. The number of carbonyl (C=O) groups is 1. The lowest BCUT2D eigenvalue weighted by Gasteiger charge is -2.11. The summed E-state index contributed by atoms with van der Waals surface area (Å²) in [5.41, 5.74) is 0. The van der Waals surface area contributed by atoms with Gasteiger partial charge in [-0.15, -0.1) is 11.6 Å². The summed E-state index contributed by atoms with van der Waals surface area (Å²) < 4.78 is 4.30. The largest absolute Gasteiger partial charge is 0.435 e. The third-order valence-electron chi connectivity index (χ3n) is 0.680. The predicted molar refractivity (Wildman–Crippen MR) is 33.1 cm³/mol. The van der Waals surface area contributed by atoms with Crippen molar-refractivity contribution in [3.05, 3.63) is 0 Å². The van der Waals surface area contributed by atoms with Gasteiger partial charge in [-0.1, -0.05) is 0 Å². The normalized spacial score (nSPS) is 16.4. The summed E-state index contributed by atoms with van der Waals surface area (Å²) in [6.45, 7) is 2.75. The van der Waals surface area contributed by atoms with Crippen LogP contribution in [0.1, 0.15) is 13.8 Å². The number of hydrogen-bond donors (Lipinski definition) is 1. The fraction of sp³-hybridized carbons (Fsp3) is 0.800. The maximum absolute atomic E-state index is 10.1. The molecule has 0 rings (SSSR count). The molecule has 0 aliphatic carbocycles. The number of aliphatic hydroxyl groups excluding tert-OH is 1. The molecule has 0 heterocycles. The van der Waals surface area contributed by atoms with Crippen LogP contribution in [0.2, 0.25) is 0 Å². The van der Waals surface area contributed by atoms with E-state index in [0.29, 0.717) is 0 Å². The Kier molecular flexibility index (Phi) is 3.58. The Morgan fingerprint density at radius 2 is 2.22 bits per heavy atom. The molecular weight excluding hydrogens is 144 g/mol. The fourth-order valence-corrected chi connectivity index (χ4v) is 0.315. The Balaban J connectivity index is 3.50. The maximum atomic E-state index is 10.1. The number of hydrogen-bond acceptors (Lipinski definition) is 3. The molecule has 0 aromatic rings. The van der Waals surface area contributed by atoms with Crippen LogP contribution in [0.25, 0.3) is 0 Å². The van der Waals surface area contributed by atoms with Crippen molar-refractivity contribution >= 4 is 17.6 Å². The third-order valence-corrected chi connectivity index (χ3v) is 0.895. The lowest BCUT2D eigenvalue weighted by molar-refractivity contribution is -0.164.